The molecule has 1 nitrogen and oxygen atoms in total. The van der Waals surface area contributed by atoms with E-state index in [-0.39, 0.29) is 0 Å². The maximum atomic E-state index is 5.72. The zero-order valence-electron chi connectivity index (χ0n) is 22.0. The molecular weight excluding hydrogens is 408 g/mol. The molecule has 190 valence electrons. The summed E-state index contributed by atoms with van der Waals surface area (Å²) in [5, 5.41) is 0. The minimum absolute atomic E-state index is 0.609. The zero-order chi connectivity index (χ0) is 22.6. The van der Waals surface area contributed by atoms with Crippen LogP contribution in [0.4, 0.5) is 0 Å². The number of hydrogen-bond acceptors (Lipinski definition) is 2. The van der Waals surface area contributed by atoms with E-state index >= 15 is 0 Å². The second kappa shape index (κ2) is 19.6. The maximum absolute atomic E-state index is 5.72. The third kappa shape index (κ3) is 13.9. The molecule has 1 saturated heterocycles. The molecule has 0 aromatic carbocycles. The summed E-state index contributed by atoms with van der Waals surface area (Å²) in [6.07, 6.45) is 36.9. The lowest BCUT2D eigenvalue weighted by Crippen LogP contribution is -2.28. The third-order valence-electron chi connectivity index (χ3n) is 8.10. The van der Waals surface area contributed by atoms with Crippen molar-refractivity contribution in [2.45, 2.75) is 178 Å². The second-order valence-electron chi connectivity index (χ2n) is 11.1. The van der Waals surface area contributed by atoms with Gasteiger partial charge in [-0.1, -0.05) is 122 Å². The molecule has 0 radical (unpaired) electrons. The van der Waals surface area contributed by atoms with Crippen LogP contribution >= 0.6 is 11.8 Å². The summed E-state index contributed by atoms with van der Waals surface area (Å²) in [5.41, 5.74) is 0. The van der Waals surface area contributed by atoms with E-state index in [2.05, 4.69) is 18.7 Å². The van der Waals surface area contributed by atoms with E-state index in [0.29, 0.717) is 10.9 Å². The van der Waals surface area contributed by atoms with Gasteiger partial charge < -0.3 is 4.74 Å². The molecule has 0 bridgehead atoms. The number of unbranched alkanes of at least 4 members (excludes halogenated alkanes) is 14. The van der Waals surface area contributed by atoms with Gasteiger partial charge in [0, 0.05) is 11.4 Å². The molecule has 32 heavy (non-hydrogen) atoms. The first-order valence-electron chi connectivity index (χ1n) is 15.1. The molecule has 0 amide bonds. The van der Waals surface area contributed by atoms with Crippen molar-refractivity contribution in [3.8, 4) is 0 Å². The molecule has 2 fully saturated rings. The van der Waals surface area contributed by atoms with Crippen LogP contribution in [0.15, 0.2) is 0 Å². The molecule has 0 aromatic heterocycles. The van der Waals surface area contributed by atoms with Crippen LogP contribution in [0.3, 0.4) is 0 Å². The second-order valence-corrected chi connectivity index (χ2v) is 12.6. The van der Waals surface area contributed by atoms with Crippen LogP contribution in [0.25, 0.3) is 0 Å². The SMILES string of the molecule is CCCCCCC1(SCCCCCCCCCCCCCCC2CCCO2)CCCCC1. The van der Waals surface area contributed by atoms with E-state index in [4.69, 9.17) is 4.74 Å². The summed E-state index contributed by atoms with van der Waals surface area (Å²) in [6, 6.07) is 0. The van der Waals surface area contributed by atoms with Gasteiger partial charge in [-0.05, 0) is 50.7 Å². The predicted octanol–water partition coefficient (Wildman–Crippen LogP) is 10.6. The molecule has 0 aromatic rings. The lowest BCUT2D eigenvalue weighted by atomic mass is 9.84. The highest BCUT2D eigenvalue weighted by molar-refractivity contribution is 8.00. The summed E-state index contributed by atoms with van der Waals surface area (Å²) in [5.74, 6) is 1.43. The van der Waals surface area contributed by atoms with Crippen molar-refractivity contribution in [2.24, 2.45) is 0 Å². The lowest BCUT2D eigenvalue weighted by molar-refractivity contribution is 0.102. The van der Waals surface area contributed by atoms with Gasteiger partial charge in [-0.15, -0.1) is 0 Å². The molecule has 1 saturated carbocycles. The monoisotopic (exact) mass is 466 g/mol. The van der Waals surface area contributed by atoms with Crippen LogP contribution in [-0.4, -0.2) is 23.2 Å². The Hall–Kier alpha value is 0.310. The van der Waals surface area contributed by atoms with Gasteiger partial charge >= 0.3 is 0 Å². The van der Waals surface area contributed by atoms with E-state index in [9.17, 15) is 0 Å². The highest BCUT2D eigenvalue weighted by atomic mass is 32.2. The van der Waals surface area contributed by atoms with Crippen LogP contribution in [0, 0.1) is 0 Å². The minimum atomic E-state index is 0.609. The summed E-state index contributed by atoms with van der Waals surface area (Å²) in [4.78, 5) is 0. The Balaban J connectivity index is 1.33. The lowest BCUT2D eigenvalue weighted by Gasteiger charge is -2.37. The molecule has 1 heterocycles. The van der Waals surface area contributed by atoms with Crippen LogP contribution in [0.2, 0.25) is 0 Å². The van der Waals surface area contributed by atoms with E-state index in [0.717, 1.165) is 6.61 Å². The van der Waals surface area contributed by atoms with E-state index < -0.39 is 0 Å². The van der Waals surface area contributed by atoms with Crippen LogP contribution in [0.1, 0.15) is 167 Å². The fraction of sp³-hybridized carbons (Fsp3) is 1.00. The van der Waals surface area contributed by atoms with Crippen LogP contribution < -0.4 is 0 Å². The Morgan fingerprint density at radius 1 is 0.656 bits per heavy atom. The fourth-order valence-corrected chi connectivity index (χ4v) is 7.59. The van der Waals surface area contributed by atoms with Crippen LogP contribution in [0.5, 0.6) is 0 Å². The smallest absolute Gasteiger partial charge is 0.0576 e. The molecule has 1 aliphatic heterocycles. The molecule has 2 aliphatic rings. The van der Waals surface area contributed by atoms with Crippen molar-refractivity contribution in [3.05, 3.63) is 0 Å². The average molecular weight is 467 g/mol. The predicted molar refractivity (Wildman–Crippen MR) is 146 cm³/mol. The summed E-state index contributed by atoms with van der Waals surface area (Å²) in [6.45, 7) is 3.35. The number of thioether (sulfide) groups is 1. The highest BCUT2D eigenvalue weighted by Crippen LogP contribution is 2.44. The molecule has 0 spiro atoms. The van der Waals surface area contributed by atoms with Crippen LogP contribution in [-0.2, 0) is 4.74 Å². The average Bonchev–Trinajstić information content (AvgIpc) is 3.34. The standard InChI is InChI=1S/C30H58OS/c1-2-3-4-17-24-30(25-18-15-19-26-30)32-28-20-14-12-10-8-6-5-7-9-11-13-16-22-29-23-21-27-31-29/h29H,2-28H2,1H3. The third-order valence-corrected chi connectivity index (χ3v) is 9.82. The molecule has 1 aliphatic carbocycles. The van der Waals surface area contributed by atoms with Gasteiger partial charge in [-0.2, -0.15) is 11.8 Å². The van der Waals surface area contributed by atoms with Crippen molar-refractivity contribution >= 4 is 11.8 Å². The number of ether oxygens (including phenoxy) is 1. The zero-order valence-corrected chi connectivity index (χ0v) is 22.8. The Kier molecular flexibility index (Phi) is 17.5. The molecule has 2 rings (SSSR count). The molecule has 2 heteroatoms. The van der Waals surface area contributed by atoms with E-state index in [1.165, 1.54) is 166 Å². The molecule has 1 unspecified atom stereocenters. The largest absolute Gasteiger partial charge is 0.378 e. The summed E-state index contributed by atoms with van der Waals surface area (Å²) < 4.78 is 6.40. The Morgan fingerprint density at radius 3 is 1.84 bits per heavy atom. The molecule has 0 N–H and O–H groups in total. The Bertz CT molecular complexity index is 398. The van der Waals surface area contributed by atoms with Gasteiger partial charge in [0.1, 0.15) is 0 Å². The van der Waals surface area contributed by atoms with Crippen molar-refractivity contribution in [1.29, 1.82) is 0 Å². The highest BCUT2D eigenvalue weighted by Gasteiger charge is 2.31. The summed E-state index contributed by atoms with van der Waals surface area (Å²) >= 11 is 2.39. The first-order chi connectivity index (χ1) is 15.8. The maximum Gasteiger partial charge on any atom is 0.0576 e. The van der Waals surface area contributed by atoms with Crippen molar-refractivity contribution in [1.82, 2.24) is 0 Å². The van der Waals surface area contributed by atoms with Crippen molar-refractivity contribution < 1.29 is 4.74 Å². The van der Waals surface area contributed by atoms with Gasteiger partial charge in [-0.25, -0.2) is 0 Å². The topological polar surface area (TPSA) is 9.23 Å². The van der Waals surface area contributed by atoms with Crippen molar-refractivity contribution in [3.63, 3.8) is 0 Å². The quantitative estimate of drug-likeness (QED) is 0.155. The van der Waals surface area contributed by atoms with Gasteiger partial charge in [-0.3, -0.25) is 0 Å². The first-order valence-corrected chi connectivity index (χ1v) is 16.1. The minimum Gasteiger partial charge on any atom is -0.378 e. The van der Waals surface area contributed by atoms with E-state index in [1.807, 2.05) is 0 Å². The molecular formula is C30H58OS. The summed E-state index contributed by atoms with van der Waals surface area (Å²) in [7, 11) is 0. The fourth-order valence-electron chi connectivity index (χ4n) is 5.94. The van der Waals surface area contributed by atoms with Gasteiger partial charge in [0.05, 0.1) is 6.10 Å². The van der Waals surface area contributed by atoms with Gasteiger partial charge in [0.25, 0.3) is 0 Å². The van der Waals surface area contributed by atoms with Gasteiger partial charge in [0.15, 0.2) is 0 Å². The van der Waals surface area contributed by atoms with Gasteiger partial charge in [0.2, 0.25) is 0 Å². The normalized spacial score (nSPS) is 20.7. The Labute approximate surface area is 207 Å². The Morgan fingerprint density at radius 2 is 1.25 bits per heavy atom. The number of rotatable bonds is 21. The molecule has 1 atom stereocenters. The first kappa shape index (κ1) is 28.5. The van der Waals surface area contributed by atoms with E-state index in [1.54, 1.807) is 0 Å². The number of hydrogen-bond donors (Lipinski definition) is 0. The van der Waals surface area contributed by atoms with Crippen molar-refractivity contribution in [2.75, 3.05) is 12.4 Å².